The van der Waals surface area contributed by atoms with Gasteiger partial charge >= 0.3 is 0 Å². The van der Waals surface area contributed by atoms with E-state index in [2.05, 4.69) is 15.6 Å². The predicted octanol–water partition coefficient (Wildman–Crippen LogP) is 4.10. The highest BCUT2D eigenvalue weighted by molar-refractivity contribution is 6.04. The molecule has 7 nitrogen and oxygen atoms in total. The number of nitrogens with zero attached hydrogens (tertiary/aromatic N) is 1. The van der Waals surface area contributed by atoms with Gasteiger partial charge in [0.05, 0.1) is 21.3 Å². The van der Waals surface area contributed by atoms with Crippen LogP contribution in [0, 0.1) is 0 Å². The van der Waals surface area contributed by atoms with Gasteiger partial charge in [-0.05, 0) is 36.4 Å². The van der Waals surface area contributed by atoms with Crippen LogP contribution < -0.4 is 24.8 Å². The van der Waals surface area contributed by atoms with E-state index in [1.54, 1.807) is 63.9 Å². The maximum absolute atomic E-state index is 12.6. The van der Waals surface area contributed by atoms with Crippen molar-refractivity contribution < 1.29 is 19.0 Å². The summed E-state index contributed by atoms with van der Waals surface area (Å²) in [6.45, 7) is 0. The van der Waals surface area contributed by atoms with E-state index >= 15 is 0 Å². The van der Waals surface area contributed by atoms with Crippen molar-refractivity contribution in [1.82, 2.24) is 4.98 Å². The van der Waals surface area contributed by atoms with E-state index in [1.165, 1.54) is 0 Å². The van der Waals surface area contributed by atoms with Gasteiger partial charge < -0.3 is 24.8 Å². The minimum absolute atomic E-state index is 0.244. The minimum atomic E-state index is -0.244. The summed E-state index contributed by atoms with van der Waals surface area (Å²) in [4.78, 5) is 16.8. The molecule has 0 saturated heterocycles. The summed E-state index contributed by atoms with van der Waals surface area (Å²) in [5.74, 6) is 2.19. The molecule has 0 aliphatic rings. The lowest BCUT2D eigenvalue weighted by Gasteiger charge is -2.12. The fourth-order valence-corrected chi connectivity index (χ4v) is 2.61. The topological polar surface area (TPSA) is 81.7 Å². The van der Waals surface area contributed by atoms with Gasteiger partial charge in [-0.3, -0.25) is 4.79 Å². The van der Waals surface area contributed by atoms with E-state index < -0.39 is 0 Å². The third kappa shape index (κ3) is 4.50. The van der Waals surface area contributed by atoms with Crippen LogP contribution in [0.25, 0.3) is 0 Å². The van der Waals surface area contributed by atoms with Gasteiger partial charge in [0.2, 0.25) is 0 Å². The van der Waals surface area contributed by atoms with Crippen molar-refractivity contribution in [2.45, 2.75) is 0 Å². The Labute approximate surface area is 163 Å². The third-order valence-corrected chi connectivity index (χ3v) is 4.01. The number of anilines is 3. The smallest absolute Gasteiger partial charge is 0.255 e. The van der Waals surface area contributed by atoms with E-state index in [1.807, 2.05) is 18.2 Å². The Morgan fingerprint density at radius 1 is 0.857 bits per heavy atom. The number of methoxy groups -OCH3 is 3. The number of hydrogen-bond acceptors (Lipinski definition) is 6. The van der Waals surface area contributed by atoms with Crippen molar-refractivity contribution in [3.63, 3.8) is 0 Å². The maximum Gasteiger partial charge on any atom is 0.255 e. The van der Waals surface area contributed by atoms with Crippen molar-refractivity contribution in [1.29, 1.82) is 0 Å². The molecule has 3 aromatic rings. The first kappa shape index (κ1) is 19.0. The molecule has 0 radical (unpaired) electrons. The molecule has 1 heterocycles. The van der Waals surface area contributed by atoms with Gasteiger partial charge in [-0.15, -0.1) is 0 Å². The van der Waals surface area contributed by atoms with Crippen LogP contribution in [0.15, 0.2) is 60.8 Å². The van der Waals surface area contributed by atoms with Crippen LogP contribution in [-0.2, 0) is 0 Å². The lowest BCUT2D eigenvalue weighted by Crippen LogP contribution is -2.12. The van der Waals surface area contributed by atoms with Gasteiger partial charge in [-0.25, -0.2) is 4.98 Å². The number of nitrogens with one attached hydrogen (secondary N) is 2. The molecule has 1 amide bonds. The van der Waals surface area contributed by atoms with E-state index in [0.717, 1.165) is 5.69 Å². The molecule has 2 N–H and O–H groups in total. The molecule has 144 valence electrons. The molecular formula is C21H21N3O4. The Morgan fingerprint density at radius 3 is 2.43 bits per heavy atom. The van der Waals surface area contributed by atoms with Gasteiger partial charge in [-0.1, -0.05) is 6.07 Å². The van der Waals surface area contributed by atoms with E-state index in [-0.39, 0.29) is 5.91 Å². The second-order valence-electron chi connectivity index (χ2n) is 5.81. The number of carbonyl (C=O) groups is 1. The van der Waals surface area contributed by atoms with Crippen molar-refractivity contribution in [3.05, 3.63) is 66.4 Å². The van der Waals surface area contributed by atoms with Crippen LogP contribution in [0.4, 0.5) is 17.2 Å². The molecule has 3 rings (SSSR count). The molecule has 0 aliphatic carbocycles. The Balaban J connectivity index is 1.75. The normalized spacial score (nSPS) is 10.1. The molecule has 0 atom stereocenters. The summed E-state index contributed by atoms with van der Waals surface area (Å²) in [6.07, 6.45) is 1.57. The van der Waals surface area contributed by atoms with Gasteiger partial charge in [0.1, 0.15) is 11.6 Å². The zero-order valence-electron chi connectivity index (χ0n) is 15.9. The van der Waals surface area contributed by atoms with Crippen molar-refractivity contribution in [2.24, 2.45) is 0 Å². The van der Waals surface area contributed by atoms with E-state index in [9.17, 15) is 4.79 Å². The van der Waals surface area contributed by atoms with Gasteiger partial charge in [0.25, 0.3) is 5.91 Å². The average Bonchev–Trinajstić information content (AvgIpc) is 2.74. The van der Waals surface area contributed by atoms with E-state index in [4.69, 9.17) is 14.2 Å². The summed E-state index contributed by atoms with van der Waals surface area (Å²) >= 11 is 0. The second-order valence-corrected chi connectivity index (χ2v) is 5.81. The summed E-state index contributed by atoms with van der Waals surface area (Å²) in [5.41, 5.74) is 1.88. The molecule has 1 aromatic heterocycles. The summed E-state index contributed by atoms with van der Waals surface area (Å²) in [5, 5.41) is 6.01. The first-order chi connectivity index (χ1) is 13.6. The first-order valence-corrected chi connectivity index (χ1v) is 8.53. The molecule has 0 saturated carbocycles. The summed E-state index contributed by atoms with van der Waals surface area (Å²) in [7, 11) is 4.73. The van der Waals surface area contributed by atoms with Crippen LogP contribution in [0.2, 0.25) is 0 Å². The standard InChI is InChI=1S/C21H21N3O4/c1-26-17-6-4-5-15(12-17)24-21(25)14-9-10-22-20(11-14)23-16-7-8-18(27-2)19(13-16)28-3/h4-13H,1-3H3,(H,22,23)(H,24,25). The Hall–Kier alpha value is -3.74. The molecule has 28 heavy (non-hydrogen) atoms. The molecule has 0 fully saturated rings. The van der Waals surface area contributed by atoms with Crippen LogP contribution >= 0.6 is 0 Å². The lowest BCUT2D eigenvalue weighted by atomic mass is 10.2. The molecule has 0 spiro atoms. The number of benzene rings is 2. The summed E-state index contributed by atoms with van der Waals surface area (Å²) < 4.78 is 15.7. The van der Waals surface area contributed by atoms with E-state index in [0.29, 0.717) is 34.3 Å². The highest BCUT2D eigenvalue weighted by Gasteiger charge is 2.10. The second kappa shape index (κ2) is 8.77. The van der Waals surface area contributed by atoms with Crippen LogP contribution in [0.5, 0.6) is 17.2 Å². The zero-order valence-corrected chi connectivity index (χ0v) is 15.9. The van der Waals surface area contributed by atoms with Crippen molar-refractivity contribution in [2.75, 3.05) is 32.0 Å². The Bertz CT molecular complexity index is 975. The van der Waals surface area contributed by atoms with Gasteiger partial charge in [-0.2, -0.15) is 0 Å². The molecular weight excluding hydrogens is 358 g/mol. The quantitative estimate of drug-likeness (QED) is 0.643. The fraction of sp³-hybridized carbons (Fsp3) is 0.143. The van der Waals surface area contributed by atoms with Crippen molar-refractivity contribution in [3.8, 4) is 17.2 Å². The largest absolute Gasteiger partial charge is 0.497 e. The Kier molecular flexibility index (Phi) is 5.96. The average molecular weight is 379 g/mol. The maximum atomic E-state index is 12.6. The van der Waals surface area contributed by atoms with Gasteiger partial charge in [0.15, 0.2) is 11.5 Å². The predicted molar refractivity (Wildman–Crippen MR) is 108 cm³/mol. The zero-order chi connectivity index (χ0) is 19.9. The van der Waals surface area contributed by atoms with Crippen LogP contribution in [0.3, 0.4) is 0 Å². The highest BCUT2D eigenvalue weighted by atomic mass is 16.5. The van der Waals surface area contributed by atoms with Crippen LogP contribution in [-0.4, -0.2) is 32.2 Å². The monoisotopic (exact) mass is 379 g/mol. The minimum Gasteiger partial charge on any atom is -0.497 e. The number of rotatable bonds is 7. The number of aromatic nitrogens is 1. The number of amides is 1. The number of carbonyl (C=O) groups excluding carboxylic acids is 1. The van der Waals surface area contributed by atoms with Crippen LogP contribution in [0.1, 0.15) is 10.4 Å². The van der Waals surface area contributed by atoms with Crippen molar-refractivity contribution >= 4 is 23.1 Å². The third-order valence-electron chi connectivity index (χ3n) is 4.01. The molecule has 0 bridgehead atoms. The number of ether oxygens (including phenoxy) is 3. The molecule has 7 heteroatoms. The van der Waals surface area contributed by atoms with Gasteiger partial charge in [0, 0.05) is 35.3 Å². The first-order valence-electron chi connectivity index (χ1n) is 8.53. The highest BCUT2D eigenvalue weighted by Crippen LogP contribution is 2.31. The molecule has 0 unspecified atom stereocenters. The Morgan fingerprint density at radius 2 is 1.68 bits per heavy atom. The molecule has 2 aromatic carbocycles. The SMILES string of the molecule is COc1cccc(NC(=O)c2ccnc(Nc3ccc(OC)c(OC)c3)c2)c1. The number of pyridine rings is 1. The lowest BCUT2D eigenvalue weighted by molar-refractivity contribution is 0.102. The number of hydrogen-bond donors (Lipinski definition) is 2. The fourth-order valence-electron chi connectivity index (χ4n) is 2.61. The molecule has 0 aliphatic heterocycles. The summed E-state index contributed by atoms with van der Waals surface area (Å²) in [6, 6.07) is 15.9.